The van der Waals surface area contributed by atoms with Crippen LogP contribution in [0.4, 0.5) is 0 Å². The fourth-order valence-corrected chi connectivity index (χ4v) is 6.09. The molecule has 0 aromatic heterocycles. The number of hydrogen-bond acceptors (Lipinski definition) is 6. The summed E-state index contributed by atoms with van der Waals surface area (Å²) >= 11 is 7.10. The van der Waals surface area contributed by atoms with E-state index < -0.39 is 34.6 Å². The number of carbonyl (C=O) groups is 4. The number of amides is 2. The predicted octanol–water partition coefficient (Wildman–Crippen LogP) is 3.98. The molecule has 0 spiro atoms. The lowest BCUT2D eigenvalue weighted by Gasteiger charge is -2.49. The molecule has 0 aliphatic carbocycles. The minimum Gasteiger partial charge on any atom is -0.448 e. The summed E-state index contributed by atoms with van der Waals surface area (Å²) in [6.45, 7) is 0. The molecule has 38 heavy (non-hydrogen) atoms. The van der Waals surface area contributed by atoms with Gasteiger partial charge in [-0.1, -0.05) is 91.0 Å². The van der Waals surface area contributed by atoms with Gasteiger partial charge in [-0.25, -0.2) is 4.79 Å². The molecular formula is C29H23ClN2O5S. The van der Waals surface area contributed by atoms with Gasteiger partial charge in [0.15, 0.2) is 6.10 Å². The fourth-order valence-electron chi connectivity index (χ4n) is 4.51. The van der Waals surface area contributed by atoms with E-state index in [0.717, 1.165) is 16.7 Å². The van der Waals surface area contributed by atoms with Gasteiger partial charge in [-0.3, -0.25) is 19.3 Å². The number of fused-ring (bicyclic) bond motifs is 1. The molecule has 0 radical (unpaired) electrons. The van der Waals surface area contributed by atoms with E-state index in [1.54, 1.807) is 0 Å². The maximum absolute atomic E-state index is 13.6. The number of nitrogens with one attached hydrogen (secondary N) is 1. The van der Waals surface area contributed by atoms with E-state index in [9.17, 15) is 19.2 Å². The molecule has 7 nitrogen and oxygen atoms in total. The molecule has 0 bridgehead atoms. The normalized spacial score (nSPS) is 18.5. The lowest BCUT2D eigenvalue weighted by Crippen LogP contribution is -2.70. The van der Waals surface area contributed by atoms with Gasteiger partial charge in [-0.15, -0.1) is 11.8 Å². The van der Waals surface area contributed by atoms with Crippen molar-refractivity contribution in [2.45, 2.75) is 23.9 Å². The number of thioether (sulfide) groups is 1. The van der Waals surface area contributed by atoms with E-state index >= 15 is 0 Å². The third kappa shape index (κ3) is 5.23. The van der Waals surface area contributed by atoms with Crippen molar-refractivity contribution < 1.29 is 23.9 Å². The van der Waals surface area contributed by atoms with Crippen molar-refractivity contribution in [2.24, 2.45) is 0 Å². The van der Waals surface area contributed by atoms with Crippen LogP contribution in [-0.4, -0.2) is 45.1 Å². The molecule has 0 saturated carbocycles. The number of ether oxygens (including phenoxy) is 1. The van der Waals surface area contributed by atoms with Gasteiger partial charge in [-0.2, -0.15) is 0 Å². The van der Waals surface area contributed by atoms with Gasteiger partial charge < -0.3 is 10.1 Å². The molecule has 1 N–H and O–H groups in total. The second-order valence-corrected chi connectivity index (χ2v) is 10.3. The molecule has 2 aliphatic rings. The Morgan fingerprint density at radius 3 is 2.03 bits per heavy atom. The maximum Gasteiger partial charge on any atom is 0.356 e. The van der Waals surface area contributed by atoms with Crippen molar-refractivity contribution in [3.05, 3.63) is 119 Å². The highest BCUT2D eigenvalue weighted by molar-refractivity contribution is 8.00. The monoisotopic (exact) mass is 546 g/mol. The largest absolute Gasteiger partial charge is 0.448 e. The van der Waals surface area contributed by atoms with E-state index in [1.165, 1.54) is 16.7 Å². The van der Waals surface area contributed by atoms with Gasteiger partial charge in [0.25, 0.3) is 11.1 Å². The third-order valence-electron chi connectivity index (χ3n) is 6.35. The molecule has 3 aromatic rings. The van der Waals surface area contributed by atoms with E-state index in [4.69, 9.17) is 16.3 Å². The molecular weight excluding hydrogens is 524 g/mol. The van der Waals surface area contributed by atoms with Crippen molar-refractivity contribution in [2.75, 3.05) is 5.75 Å². The summed E-state index contributed by atoms with van der Waals surface area (Å²) < 4.78 is 5.94. The van der Waals surface area contributed by atoms with Gasteiger partial charge in [0.1, 0.15) is 17.1 Å². The lowest BCUT2D eigenvalue weighted by atomic mass is 10.0. The summed E-state index contributed by atoms with van der Waals surface area (Å²) in [4.78, 5) is 52.9. The molecule has 2 atom stereocenters. The first-order valence-electron chi connectivity index (χ1n) is 12.0. The van der Waals surface area contributed by atoms with Gasteiger partial charge in [0.05, 0.1) is 12.0 Å². The van der Waals surface area contributed by atoms with E-state index in [0.29, 0.717) is 0 Å². The first-order valence-corrected chi connectivity index (χ1v) is 13.4. The predicted molar refractivity (Wildman–Crippen MR) is 144 cm³/mol. The minimum atomic E-state index is -0.834. The SMILES string of the molecule is O=C(Cc1ccccc1)NC1C(=O)N2C(C(=O)OC(c3ccccc3)c3ccccc3)=C(C(=O)Cl)CS[C@@H]12. The van der Waals surface area contributed by atoms with Gasteiger partial charge in [0.2, 0.25) is 5.91 Å². The van der Waals surface area contributed by atoms with Crippen molar-refractivity contribution in [3.63, 3.8) is 0 Å². The second-order valence-electron chi connectivity index (χ2n) is 8.82. The van der Waals surface area contributed by atoms with Crippen LogP contribution in [0.1, 0.15) is 22.8 Å². The molecule has 2 aliphatic heterocycles. The Hall–Kier alpha value is -3.88. The van der Waals surface area contributed by atoms with Crippen LogP contribution in [0.2, 0.25) is 0 Å². The Labute approximate surface area is 228 Å². The highest BCUT2D eigenvalue weighted by atomic mass is 35.5. The van der Waals surface area contributed by atoms with Crippen LogP contribution < -0.4 is 5.32 Å². The molecule has 1 fully saturated rings. The lowest BCUT2D eigenvalue weighted by molar-refractivity contribution is -0.154. The summed E-state index contributed by atoms with van der Waals surface area (Å²) in [5.74, 6) is -1.54. The van der Waals surface area contributed by atoms with Crippen LogP contribution in [0.15, 0.2) is 102 Å². The van der Waals surface area contributed by atoms with Crippen LogP contribution in [0, 0.1) is 0 Å². The van der Waals surface area contributed by atoms with Crippen molar-refractivity contribution >= 4 is 46.4 Å². The van der Waals surface area contributed by atoms with E-state index in [1.807, 2.05) is 91.0 Å². The number of esters is 1. The van der Waals surface area contributed by atoms with Crippen LogP contribution in [0.5, 0.6) is 0 Å². The maximum atomic E-state index is 13.6. The van der Waals surface area contributed by atoms with Crippen molar-refractivity contribution in [3.8, 4) is 0 Å². The molecule has 1 saturated heterocycles. The number of rotatable bonds is 8. The van der Waals surface area contributed by atoms with Crippen LogP contribution in [-0.2, 0) is 30.3 Å². The Morgan fingerprint density at radius 1 is 0.921 bits per heavy atom. The van der Waals surface area contributed by atoms with Crippen molar-refractivity contribution in [1.29, 1.82) is 0 Å². The molecule has 5 rings (SSSR count). The van der Waals surface area contributed by atoms with E-state index in [-0.39, 0.29) is 29.4 Å². The first-order chi connectivity index (χ1) is 18.4. The summed E-state index contributed by atoms with van der Waals surface area (Å²) in [5, 5.41) is 1.38. The summed E-state index contributed by atoms with van der Waals surface area (Å²) in [6.07, 6.45) is -0.650. The Kier molecular flexibility index (Phi) is 7.62. The van der Waals surface area contributed by atoms with Gasteiger partial charge in [-0.05, 0) is 28.3 Å². The zero-order chi connectivity index (χ0) is 26.6. The van der Waals surface area contributed by atoms with Crippen molar-refractivity contribution in [1.82, 2.24) is 10.2 Å². The highest BCUT2D eigenvalue weighted by Gasteiger charge is 2.55. The molecule has 2 heterocycles. The Morgan fingerprint density at radius 2 is 1.47 bits per heavy atom. The summed E-state index contributed by atoms with van der Waals surface area (Å²) in [6, 6.07) is 26.7. The van der Waals surface area contributed by atoms with Crippen LogP contribution in [0.25, 0.3) is 0 Å². The molecule has 1 unspecified atom stereocenters. The topological polar surface area (TPSA) is 92.8 Å². The zero-order valence-electron chi connectivity index (χ0n) is 20.1. The Bertz CT molecular complexity index is 1360. The number of β-lactam (4-membered cyclic amide) rings is 1. The van der Waals surface area contributed by atoms with E-state index in [2.05, 4.69) is 5.32 Å². The summed E-state index contributed by atoms with van der Waals surface area (Å²) in [7, 11) is 0. The molecule has 192 valence electrons. The minimum absolute atomic E-state index is 0.000187. The van der Waals surface area contributed by atoms with Crippen LogP contribution in [0.3, 0.4) is 0 Å². The van der Waals surface area contributed by atoms with Crippen LogP contribution >= 0.6 is 23.4 Å². The highest BCUT2D eigenvalue weighted by Crippen LogP contribution is 2.42. The number of benzene rings is 3. The standard InChI is InChI=1S/C29H23ClN2O5S/c30-26(34)21-17-38-28-23(31-22(33)16-18-10-4-1-5-11-18)27(35)32(28)24(21)29(36)37-25(19-12-6-2-7-13-19)20-14-8-3-9-15-20/h1-15,23,25,28H,16-17H2,(H,31,33)/t23?,28-/m0/s1. The Balaban J connectivity index is 1.38. The third-order valence-corrected chi connectivity index (χ3v) is 7.86. The fraction of sp³-hybridized carbons (Fsp3) is 0.172. The number of nitrogens with zero attached hydrogens (tertiary/aromatic N) is 1. The number of halogens is 1. The molecule has 3 aromatic carbocycles. The number of hydrogen-bond donors (Lipinski definition) is 1. The van der Waals surface area contributed by atoms with Gasteiger partial charge >= 0.3 is 5.97 Å². The smallest absolute Gasteiger partial charge is 0.356 e. The molecule has 2 amide bonds. The second kappa shape index (κ2) is 11.2. The number of carbonyl (C=O) groups excluding carboxylic acids is 4. The average molecular weight is 547 g/mol. The quantitative estimate of drug-likeness (QED) is 0.261. The first kappa shape index (κ1) is 25.8. The average Bonchev–Trinajstić information content (AvgIpc) is 2.95. The zero-order valence-corrected chi connectivity index (χ0v) is 21.7. The molecule has 9 heteroatoms. The summed E-state index contributed by atoms with van der Waals surface area (Å²) in [5.41, 5.74) is 2.10. The van der Waals surface area contributed by atoms with Gasteiger partial charge in [0, 0.05) is 5.75 Å².